The summed E-state index contributed by atoms with van der Waals surface area (Å²) in [5.74, 6) is 2.22. The molecule has 0 spiro atoms. The highest BCUT2D eigenvalue weighted by Gasteiger charge is 2.62. The zero-order valence-corrected chi connectivity index (χ0v) is 21.6. The van der Waals surface area contributed by atoms with Crippen LogP contribution in [0, 0.1) is 46.3 Å². The van der Waals surface area contributed by atoms with Crippen LogP contribution in [0.4, 0.5) is 0 Å². The largest absolute Gasteiger partial charge is 0.412 e. The van der Waals surface area contributed by atoms with Gasteiger partial charge in [0.25, 0.3) is 0 Å². The van der Waals surface area contributed by atoms with Gasteiger partial charge in [-0.1, -0.05) is 39.3 Å². The van der Waals surface area contributed by atoms with Gasteiger partial charge in [0.2, 0.25) is 0 Å². The molecule has 0 amide bonds. The van der Waals surface area contributed by atoms with Crippen LogP contribution < -0.4 is 0 Å². The lowest BCUT2D eigenvalue weighted by Crippen LogP contribution is -2.51. The summed E-state index contributed by atoms with van der Waals surface area (Å²) < 4.78 is 0. The maximum absolute atomic E-state index is 11.2. The van der Waals surface area contributed by atoms with Gasteiger partial charge in [0.1, 0.15) is 0 Å². The summed E-state index contributed by atoms with van der Waals surface area (Å²) in [6.07, 6.45) is 10.2. The Labute approximate surface area is 205 Å². The number of rotatable bonds is 6. The molecular weight excluding hydrogens is 436 g/mol. The lowest BCUT2D eigenvalue weighted by atomic mass is 9.47. The van der Waals surface area contributed by atoms with Crippen molar-refractivity contribution in [2.24, 2.45) is 46.3 Å². The normalized spacial score (nSPS) is 43.4. The minimum Gasteiger partial charge on any atom is -0.412 e. The molecule has 11 atom stereocenters. The number of aliphatic hydroxyl groups excluding tert-OH is 4. The molecule has 0 saturated heterocycles. The third-order valence-corrected chi connectivity index (χ3v) is 10.6. The Kier molecular flexibility index (Phi) is 10.8. The van der Waals surface area contributed by atoms with Crippen LogP contribution in [-0.2, 0) is 0 Å². The van der Waals surface area contributed by atoms with Crippen molar-refractivity contribution in [3.8, 4) is 0 Å². The van der Waals surface area contributed by atoms with Crippen LogP contribution in [0.2, 0.25) is 0 Å². The van der Waals surface area contributed by atoms with Crippen molar-refractivity contribution in [1.82, 2.24) is 0 Å². The van der Waals surface area contributed by atoms with Crippen LogP contribution in [0.5, 0.6) is 0 Å². The quantitative estimate of drug-likeness (QED) is 0.417. The van der Waals surface area contributed by atoms with Crippen LogP contribution in [0.1, 0.15) is 85.5 Å². The van der Waals surface area contributed by atoms with E-state index >= 15 is 0 Å². The first-order valence-corrected chi connectivity index (χ1v) is 13.0. The van der Waals surface area contributed by atoms with Crippen molar-refractivity contribution in [3.63, 3.8) is 0 Å². The zero-order chi connectivity index (χ0) is 22.6. The highest BCUT2D eigenvalue weighted by molar-refractivity contribution is 5.25. The Bertz CT molecular complexity index is 684. The first-order chi connectivity index (χ1) is 14.6. The molecule has 4 rings (SSSR count). The molecule has 0 bridgehead atoms. The van der Waals surface area contributed by atoms with Crippen molar-refractivity contribution in [2.45, 2.75) is 104 Å². The third-order valence-electron chi connectivity index (χ3n) is 10.6. The highest BCUT2D eigenvalue weighted by atomic mass is 16.3. The summed E-state index contributed by atoms with van der Waals surface area (Å²) in [5, 5.41) is 41.8. The van der Waals surface area contributed by atoms with E-state index in [9.17, 15) is 20.4 Å². The van der Waals surface area contributed by atoms with E-state index in [1.54, 1.807) is 0 Å². The van der Waals surface area contributed by atoms with Gasteiger partial charge >= 0.3 is 0 Å². The Morgan fingerprint density at radius 3 is 2.32 bits per heavy atom. The third kappa shape index (κ3) is 5.13. The van der Waals surface area contributed by atoms with Crippen LogP contribution in [0.3, 0.4) is 0 Å². The van der Waals surface area contributed by atoms with E-state index in [0.717, 1.165) is 44.9 Å². The zero-order valence-electron chi connectivity index (χ0n) is 21.6. The standard InChI is InChI=1S/C27H46O4.3H2O/c1-16(15-28)5-8-23(30)17(2)25-24(31)14-22-20-7-6-18-13-19(29)9-11-26(18,3)21(20)10-12-27(22,25)4;;;/h6,16-17,19-25,28-31H,5,7-15H2,1-4H3;3*1H2/t16-,17-,19+,20-,21+,22+,23+,24+,25+,26+,27+;;;/m1.../s1. The summed E-state index contributed by atoms with van der Waals surface area (Å²) >= 11 is 0. The van der Waals surface area contributed by atoms with Crippen LogP contribution >= 0.6 is 0 Å². The molecule has 3 fully saturated rings. The SMILES string of the molecule is C[C@@H](CO)CC[C@H](O)[C@@H](C)[C@H]1[C@@H](O)C[C@H]2[C@@H]3CC=C4C[C@@H](O)CC[C@]4(C)[C@H]3CC[C@]12C.O.O.O. The Morgan fingerprint density at radius 2 is 1.68 bits per heavy atom. The van der Waals surface area contributed by atoms with Gasteiger partial charge < -0.3 is 36.9 Å². The molecule has 0 heterocycles. The minimum absolute atomic E-state index is 0. The minimum atomic E-state index is -0.419. The topological polar surface area (TPSA) is 175 Å². The van der Waals surface area contributed by atoms with Gasteiger partial charge in [0.05, 0.1) is 18.3 Å². The fraction of sp³-hybridized carbons (Fsp3) is 0.926. The molecule has 0 aliphatic heterocycles. The Morgan fingerprint density at radius 1 is 1.00 bits per heavy atom. The molecule has 10 N–H and O–H groups in total. The molecule has 7 nitrogen and oxygen atoms in total. The molecule has 3 saturated carbocycles. The van der Waals surface area contributed by atoms with Crippen molar-refractivity contribution in [2.75, 3.05) is 6.61 Å². The first kappa shape index (κ1) is 31.5. The maximum Gasteiger partial charge on any atom is 0.0580 e. The predicted octanol–water partition coefficient (Wildman–Crippen LogP) is 1.83. The van der Waals surface area contributed by atoms with Crippen LogP contribution in [-0.4, -0.2) is 61.8 Å². The summed E-state index contributed by atoms with van der Waals surface area (Å²) in [6.45, 7) is 9.18. The van der Waals surface area contributed by atoms with Gasteiger partial charge in [-0.05, 0) is 104 Å². The molecule has 0 aromatic carbocycles. The molecule has 4 aliphatic rings. The number of allylic oxidation sites excluding steroid dienone is 1. The molecule has 0 aromatic rings. The molecule has 0 radical (unpaired) electrons. The summed E-state index contributed by atoms with van der Waals surface area (Å²) in [4.78, 5) is 0. The number of fused-ring (bicyclic) bond motifs is 5. The van der Waals surface area contributed by atoms with Crippen LogP contribution in [0.25, 0.3) is 0 Å². The molecule has 4 aliphatic carbocycles. The van der Waals surface area contributed by atoms with Crippen LogP contribution in [0.15, 0.2) is 11.6 Å². The second-order valence-corrected chi connectivity index (χ2v) is 12.3. The van der Waals surface area contributed by atoms with Crippen molar-refractivity contribution in [1.29, 1.82) is 0 Å². The van der Waals surface area contributed by atoms with Crippen molar-refractivity contribution >= 4 is 0 Å². The van der Waals surface area contributed by atoms with Crippen molar-refractivity contribution < 1.29 is 36.9 Å². The second-order valence-electron chi connectivity index (χ2n) is 12.3. The molecule has 0 aromatic heterocycles. The van der Waals surface area contributed by atoms with E-state index in [1.165, 1.54) is 12.0 Å². The average molecular weight is 489 g/mol. The highest BCUT2D eigenvalue weighted by Crippen LogP contribution is 2.67. The monoisotopic (exact) mass is 488 g/mol. The van der Waals surface area contributed by atoms with Crippen molar-refractivity contribution in [3.05, 3.63) is 11.6 Å². The Balaban J connectivity index is 0.00000193. The second kappa shape index (κ2) is 11.7. The van der Waals surface area contributed by atoms with E-state index in [0.29, 0.717) is 24.2 Å². The number of hydrogen-bond donors (Lipinski definition) is 4. The van der Waals surface area contributed by atoms with E-state index in [1.807, 2.05) is 6.92 Å². The summed E-state index contributed by atoms with van der Waals surface area (Å²) in [6, 6.07) is 0. The molecule has 0 unspecified atom stereocenters. The fourth-order valence-corrected chi connectivity index (χ4v) is 8.69. The van der Waals surface area contributed by atoms with Gasteiger partial charge in [0, 0.05) is 6.61 Å². The Hall–Kier alpha value is -0.540. The smallest absolute Gasteiger partial charge is 0.0580 e. The maximum atomic E-state index is 11.2. The van der Waals surface area contributed by atoms with Gasteiger partial charge in [-0.15, -0.1) is 0 Å². The molecule has 7 heteroatoms. The number of hydrogen-bond acceptors (Lipinski definition) is 4. The fourth-order valence-electron chi connectivity index (χ4n) is 8.69. The van der Waals surface area contributed by atoms with Gasteiger partial charge in [-0.2, -0.15) is 0 Å². The first-order valence-electron chi connectivity index (χ1n) is 13.0. The van der Waals surface area contributed by atoms with E-state index in [-0.39, 0.29) is 63.8 Å². The lowest BCUT2D eigenvalue weighted by Gasteiger charge is -2.58. The molecule has 34 heavy (non-hydrogen) atoms. The molecular formula is C27H52O7. The van der Waals surface area contributed by atoms with E-state index < -0.39 is 6.10 Å². The van der Waals surface area contributed by atoms with Gasteiger partial charge in [-0.25, -0.2) is 0 Å². The van der Waals surface area contributed by atoms with E-state index in [4.69, 9.17) is 0 Å². The predicted molar refractivity (Wildman–Crippen MR) is 134 cm³/mol. The molecule has 202 valence electrons. The lowest BCUT2D eigenvalue weighted by molar-refractivity contribution is -0.0770. The average Bonchev–Trinajstić information content (AvgIpc) is 3.01. The summed E-state index contributed by atoms with van der Waals surface area (Å²) in [7, 11) is 0. The number of aliphatic hydroxyl groups is 4. The summed E-state index contributed by atoms with van der Waals surface area (Å²) in [5.41, 5.74) is 1.80. The van der Waals surface area contributed by atoms with Gasteiger partial charge in [-0.3, -0.25) is 0 Å². The van der Waals surface area contributed by atoms with Gasteiger partial charge in [0.15, 0.2) is 0 Å². The van der Waals surface area contributed by atoms with E-state index in [2.05, 4.69) is 26.8 Å².